The molecule has 0 atom stereocenters. The average Bonchev–Trinajstić information content (AvgIpc) is 3.28. The first-order valence-electron chi connectivity index (χ1n) is 8.71. The predicted molar refractivity (Wildman–Crippen MR) is 109 cm³/mol. The largest absolute Gasteiger partial charge is 0.459 e. The summed E-state index contributed by atoms with van der Waals surface area (Å²) in [6.07, 6.45) is 2.01. The van der Waals surface area contributed by atoms with Gasteiger partial charge in [0.2, 0.25) is 11.0 Å². The number of carbonyl (C=O) groups excluding carboxylic acids is 2. The maximum absolute atomic E-state index is 12.8. The van der Waals surface area contributed by atoms with E-state index in [0.717, 1.165) is 22.8 Å². The van der Waals surface area contributed by atoms with Crippen molar-refractivity contribution in [2.75, 3.05) is 25.6 Å². The third-order valence-corrected chi connectivity index (χ3v) is 6.12. The second-order valence-electron chi connectivity index (χ2n) is 5.95. The molecule has 0 bridgehead atoms. The van der Waals surface area contributed by atoms with E-state index in [-0.39, 0.29) is 19.8 Å². The van der Waals surface area contributed by atoms with Crippen LogP contribution in [0.3, 0.4) is 0 Å². The highest BCUT2D eigenvalue weighted by Crippen LogP contribution is 2.27. The molecule has 0 radical (unpaired) electrons. The van der Waals surface area contributed by atoms with Gasteiger partial charge in [-0.1, -0.05) is 18.3 Å². The van der Waals surface area contributed by atoms with Gasteiger partial charge in [0.1, 0.15) is 27.9 Å². The summed E-state index contributed by atoms with van der Waals surface area (Å²) in [5.41, 5.74) is 0.0812. The lowest BCUT2D eigenvalue weighted by atomic mass is 10.2. The van der Waals surface area contributed by atoms with Crippen LogP contribution in [0.2, 0.25) is 0 Å². The quantitative estimate of drug-likeness (QED) is 0.416. The van der Waals surface area contributed by atoms with Gasteiger partial charge in [0.25, 0.3) is 5.56 Å². The van der Waals surface area contributed by atoms with E-state index in [9.17, 15) is 14.4 Å². The molecule has 0 unspecified atom stereocenters. The molecule has 12 heteroatoms. The molecule has 0 saturated heterocycles. The summed E-state index contributed by atoms with van der Waals surface area (Å²) in [6, 6.07) is 0. The fraction of sp³-hybridized carbons (Fsp3) is 0.412. The molecule has 0 aromatic carbocycles. The Bertz CT molecular complexity index is 1100. The summed E-state index contributed by atoms with van der Waals surface area (Å²) < 4.78 is 11.2. The summed E-state index contributed by atoms with van der Waals surface area (Å²) in [6.45, 7) is 3.77. The predicted octanol–water partition coefficient (Wildman–Crippen LogP) is 1.62. The molecule has 3 heterocycles. The van der Waals surface area contributed by atoms with Gasteiger partial charge in [-0.15, -0.1) is 21.5 Å². The molecular formula is C17H19N5O5S2. The second-order valence-corrected chi connectivity index (χ2v) is 8.01. The van der Waals surface area contributed by atoms with E-state index < -0.39 is 17.4 Å². The van der Waals surface area contributed by atoms with Crippen molar-refractivity contribution in [3.05, 3.63) is 32.1 Å². The molecule has 0 spiro atoms. The van der Waals surface area contributed by atoms with E-state index in [1.165, 1.54) is 29.3 Å². The molecular weight excluding hydrogens is 418 g/mol. The van der Waals surface area contributed by atoms with Gasteiger partial charge in [0.05, 0.1) is 18.3 Å². The Morgan fingerprint density at radius 1 is 1.24 bits per heavy atom. The van der Waals surface area contributed by atoms with E-state index in [1.54, 1.807) is 6.92 Å². The number of aryl methyl sites for hydroxylation is 2. The molecule has 10 nitrogen and oxygen atoms in total. The SMILES string of the molecule is CCc1nnc(NC(=O)Cn2cnc3sc(C(=O)OCCOC)c(C)c3c2=O)s1. The second kappa shape index (κ2) is 9.20. The highest BCUT2D eigenvalue weighted by molar-refractivity contribution is 7.20. The number of methoxy groups -OCH3 is 1. The van der Waals surface area contributed by atoms with Crippen LogP contribution in [0.25, 0.3) is 10.2 Å². The molecule has 154 valence electrons. The highest BCUT2D eigenvalue weighted by Gasteiger charge is 2.21. The number of anilines is 1. The monoisotopic (exact) mass is 437 g/mol. The van der Waals surface area contributed by atoms with Crippen LogP contribution in [0.5, 0.6) is 0 Å². The zero-order chi connectivity index (χ0) is 21.0. The van der Waals surface area contributed by atoms with Crippen LogP contribution in [0.4, 0.5) is 5.13 Å². The first kappa shape index (κ1) is 21.0. The Kier molecular flexibility index (Phi) is 6.67. The minimum absolute atomic E-state index is 0.117. The number of fused-ring (bicyclic) bond motifs is 1. The molecule has 0 aliphatic rings. The summed E-state index contributed by atoms with van der Waals surface area (Å²) >= 11 is 2.36. The lowest BCUT2D eigenvalue weighted by Gasteiger charge is -2.05. The number of nitrogens with zero attached hydrogens (tertiary/aromatic N) is 4. The first-order valence-corrected chi connectivity index (χ1v) is 10.3. The molecule has 0 aliphatic heterocycles. The van der Waals surface area contributed by atoms with Crippen molar-refractivity contribution in [1.82, 2.24) is 19.7 Å². The van der Waals surface area contributed by atoms with Crippen LogP contribution in [0.15, 0.2) is 11.1 Å². The average molecular weight is 438 g/mol. The van der Waals surface area contributed by atoms with Gasteiger partial charge >= 0.3 is 5.97 Å². The maximum atomic E-state index is 12.8. The number of esters is 1. The van der Waals surface area contributed by atoms with Gasteiger partial charge < -0.3 is 9.47 Å². The molecule has 3 rings (SSSR count). The zero-order valence-corrected chi connectivity index (χ0v) is 17.7. The van der Waals surface area contributed by atoms with E-state index in [2.05, 4.69) is 20.5 Å². The van der Waals surface area contributed by atoms with E-state index in [0.29, 0.717) is 25.8 Å². The van der Waals surface area contributed by atoms with Crippen molar-refractivity contribution in [3.63, 3.8) is 0 Å². The maximum Gasteiger partial charge on any atom is 0.348 e. The van der Waals surface area contributed by atoms with Crippen LogP contribution < -0.4 is 10.9 Å². The number of nitrogens with one attached hydrogen (secondary N) is 1. The molecule has 1 amide bonds. The van der Waals surface area contributed by atoms with Crippen LogP contribution >= 0.6 is 22.7 Å². The fourth-order valence-electron chi connectivity index (χ4n) is 2.51. The van der Waals surface area contributed by atoms with Gasteiger partial charge in [-0.05, 0) is 18.9 Å². The lowest BCUT2D eigenvalue weighted by molar-refractivity contribution is -0.116. The fourth-order valence-corrected chi connectivity index (χ4v) is 4.24. The van der Waals surface area contributed by atoms with Crippen molar-refractivity contribution in [2.24, 2.45) is 0 Å². The Hall–Kier alpha value is -2.70. The number of ether oxygens (including phenoxy) is 2. The van der Waals surface area contributed by atoms with Gasteiger partial charge in [-0.3, -0.25) is 19.5 Å². The van der Waals surface area contributed by atoms with Crippen LogP contribution in [-0.4, -0.2) is 51.9 Å². The van der Waals surface area contributed by atoms with Crippen molar-refractivity contribution in [2.45, 2.75) is 26.8 Å². The third-order valence-electron chi connectivity index (χ3n) is 3.95. The minimum atomic E-state index is -0.533. The normalized spacial score (nSPS) is 11.0. The number of hydrogen-bond acceptors (Lipinski definition) is 10. The Balaban J connectivity index is 1.80. The Labute approximate surface area is 173 Å². The van der Waals surface area contributed by atoms with Crippen molar-refractivity contribution in [3.8, 4) is 0 Å². The Morgan fingerprint density at radius 3 is 2.72 bits per heavy atom. The smallest absolute Gasteiger partial charge is 0.348 e. The summed E-state index contributed by atoms with van der Waals surface area (Å²) in [7, 11) is 1.51. The highest BCUT2D eigenvalue weighted by atomic mass is 32.1. The topological polar surface area (TPSA) is 125 Å². The minimum Gasteiger partial charge on any atom is -0.459 e. The molecule has 0 saturated carbocycles. The van der Waals surface area contributed by atoms with E-state index in [1.807, 2.05) is 6.92 Å². The molecule has 0 aliphatic carbocycles. The lowest BCUT2D eigenvalue weighted by Crippen LogP contribution is -2.27. The Morgan fingerprint density at radius 2 is 2.03 bits per heavy atom. The molecule has 3 aromatic rings. The van der Waals surface area contributed by atoms with E-state index in [4.69, 9.17) is 9.47 Å². The standard InChI is InChI=1S/C17H19N5O5S2/c1-4-11-20-21-17(28-11)19-10(23)7-22-8-18-14-12(15(22)24)9(2)13(29-14)16(25)27-6-5-26-3/h8H,4-7H2,1-3H3,(H,19,21,23). The van der Waals surface area contributed by atoms with Crippen LogP contribution in [0.1, 0.15) is 27.2 Å². The van der Waals surface area contributed by atoms with Gasteiger partial charge in [-0.25, -0.2) is 9.78 Å². The van der Waals surface area contributed by atoms with Gasteiger partial charge in [0, 0.05) is 7.11 Å². The summed E-state index contributed by atoms with van der Waals surface area (Å²) in [5.74, 6) is -0.951. The van der Waals surface area contributed by atoms with Crippen molar-refractivity contribution < 1.29 is 19.1 Å². The first-order chi connectivity index (χ1) is 13.9. The van der Waals surface area contributed by atoms with Crippen LogP contribution in [0, 0.1) is 6.92 Å². The number of hydrogen-bond donors (Lipinski definition) is 1. The van der Waals surface area contributed by atoms with Crippen molar-refractivity contribution >= 4 is 49.9 Å². The summed E-state index contributed by atoms with van der Waals surface area (Å²) in [5, 5.41) is 11.9. The molecule has 0 fully saturated rings. The van der Waals surface area contributed by atoms with Gasteiger partial charge in [0.15, 0.2) is 0 Å². The number of rotatable bonds is 8. The number of aromatic nitrogens is 4. The zero-order valence-electron chi connectivity index (χ0n) is 16.1. The van der Waals surface area contributed by atoms with Crippen LogP contribution in [-0.2, 0) is 27.2 Å². The van der Waals surface area contributed by atoms with Crippen molar-refractivity contribution in [1.29, 1.82) is 0 Å². The number of thiophene rings is 1. The van der Waals surface area contributed by atoms with E-state index >= 15 is 0 Å². The summed E-state index contributed by atoms with van der Waals surface area (Å²) in [4.78, 5) is 42.3. The molecule has 1 N–H and O–H groups in total. The number of amides is 1. The molecule has 29 heavy (non-hydrogen) atoms. The van der Waals surface area contributed by atoms with Gasteiger partial charge in [-0.2, -0.15) is 0 Å². The number of carbonyl (C=O) groups is 2. The third kappa shape index (κ3) is 4.66. The molecule has 3 aromatic heterocycles.